The minimum absolute atomic E-state index is 0.0801. The van der Waals surface area contributed by atoms with Gasteiger partial charge in [-0.1, -0.05) is 20.8 Å². The molecule has 0 bridgehead atoms. The molecule has 2 saturated carbocycles. The van der Waals surface area contributed by atoms with Gasteiger partial charge in [0.25, 0.3) is 0 Å². The van der Waals surface area contributed by atoms with Crippen LogP contribution in [0, 0.1) is 23.7 Å². The number of hydrogen-bond donors (Lipinski definition) is 3. The summed E-state index contributed by atoms with van der Waals surface area (Å²) in [7, 11) is 0. The van der Waals surface area contributed by atoms with E-state index >= 15 is 0 Å². The minimum Gasteiger partial charge on any atom is -0.462 e. The van der Waals surface area contributed by atoms with Crippen molar-refractivity contribution in [3.8, 4) is 0 Å². The first-order valence-corrected chi connectivity index (χ1v) is 9.57. The Morgan fingerprint density at radius 3 is 2.44 bits per heavy atom. The molecule has 8 heteroatoms. The molecule has 0 amide bonds. The Kier molecular flexibility index (Phi) is 3.85. The quantitative estimate of drug-likeness (QED) is 0.440. The van der Waals surface area contributed by atoms with Crippen molar-refractivity contribution in [2.45, 2.75) is 82.3 Å². The summed E-state index contributed by atoms with van der Waals surface area (Å²) in [6, 6.07) is 0. The third-order valence-electron chi connectivity index (χ3n) is 7.14. The lowest BCUT2D eigenvalue weighted by Gasteiger charge is -2.46. The summed E-state index contributed by atoms with van der Waals surface area (Å²) in [4.78, 5) is 24.6. The van der Waals surface area contributed by atoms with Gasteiger partial charge in [-0.3, -0.25) is 9.59 Å². The van der Waals surface area contributed by atoms with E-state index in [-0.39, 0.29) is 12.3 Å². The van der Waals surface area contributed by atoms with Gasteiger partial charge in [0.1, 0.15) is 35.6 Å². The number of rotatable bonds is 2. The first-order valence-electron chi connectivity index (χ1n) is 9.57. The van der Waals surface area contributed by atoms with Crippen LogP contribution >= 0.6 is 0 Å². The lowest BCUT2D eigenvalue weighted by molar-refractivity contribution is -0.231. The number of hydrogen-bond acceptors (Lipinski definition) is 8. The Balaban J connectivity index is 1.81. The van der Waals surface area contributed by atoms with Crippen LogP contribution in [0.15, 0.2) is 0 Å². The van der Waals surface area contributed by atoms with Crippen LogP contribution in [0.4, 0.5) is 0 Å². The Bertz CT molecular complexity index is 685. The average Bonchev–Trinajstić information content (AvgIpc) is 3.26. The molecular formula is C19H28O8. The van der Waals surface area contributed by atoms with Crippen LogP contribution in [0.2, 0.25) is 0 Å². The van der Waals surface area contributed by atoms with Crippen molar-refractivity contribution < 1.29 is 39.1 Å². The van der Waals surface area contributed by atoms with E-state index in [2.05, 4.69) is 0 Å². The lowest BCUT2D eigenvalue weighted by Crippen LogP contribution is -2.64. The Morgan fingerprint density at radius 1 is 1.22 bits per heavy atom. The topological polar surface area (TPSA) is 126 Å². The number of carbonyl (C=O) groups excluding carboxylic acids is 2. The van der Waals surface area contributed by atoms with Gasteiger partial charge in [-0.05, 0) is 13.8 Å². The second-order valence-electron chi connectivity index (χ2n) is 9.38. The number of aliphatic hydroxyl groups is 3. The molecule has 2 aliphatic carbocycles. The van der Waals surface area contributed by atoms with Crippen molar-refractivity contribution in [2.75, 3.05) is 0 Å². The maximum atomic E-state index is 12.4. The van der Waals surface area contributed by atoms with Crippen LogP contribution in [0.3, 0.4) is 0 Å². The van der Waals surface area contributed by atoms with Crippen molar-refractivity contribution in [1.29, 1.82) is 0 Å². The summed E-state index contributed by atoms with van der Waals surface area (Å²) >= 11 is 0. The lowest BCUT2D eigenvalue weighted by atomic mass is 9.70. The highest BCUT2D eigenvalue weighted by atomic mass is 16.6. The third kappa shape index (κ3) is 2.30. The zero-order valence-corrected chi connectivity index (χ0v) is 16.2. The maximum Gasteiger partial charge on any atom is 0.309 e. The predicted octanol–water partition coefficient (Wildman–Crippen LogP) is -0.234. The molecule has 2 heterocycles. The van der Waals surface area contributed by atoms with Crippen LogP contribution < -0.4 is 0 Å². The fraction of sp³-hybridized carbons (Fsp3) is 0.895. The van der Waals surface area contributed by atoms with E-state index in [4.69, 9.17) is 14.2 Å². The molecule has 3 N–H and O–H groups in total. The van der Waals surface area contributed by atoms with Crippen LogP contribution in [0.1, 0.15) is 41.0 Å². The van der Waals surface area contributed by atoms with E-state index in [9.17, 15) is 24.9 Å². The molecule has 0 radical (unpaired) electrons. The Morgan fingerprint density at radius 2 is 1.85 bits per heavy atom. The van der Waals surface area contributed by atoms with Crippen LogP contribution in [0.5, 0.6) is 0 Å². The monoisotopic (exact) mass is 384 g/mol. The zero-order valence-electron chi connectivity index (χ0n) is 16.2. The molecule has 0 aromatic carbocycles. The zero-order chi connectivity index (χ0) is 20.1. The highest BCUT2D eigenvalue weighted by Crippen LogP contribution is 2.64. The maximum absolute atomic E-state index is 12.4. The molecule has 0 aromatic heterocycles. The fourth-order valence-electron chi connectivity index (χ4n) is 5.60. The smallest absolute Gasteiger partial charge is 0.309 e. The number of esters is 2. The van der Waals surface area contributed by atoms with Gasteiger partial charge in [-0.15, -0.1) is 0 Å². The summed E-state index contributed by atoms with van der Waals surface area (Å²) < 4.78 is 16.7. The molecule has 2 saturated heterocycles. The highest BCUT2D eigenvalue weighted by molar-refractivity contribution is 5.76. The average molecular weight is 384 g/mol. The number of carbonyl (C=O) groups is 2. The van der Waals surface area contributed by atoms with Crippen LogP contribution in [-0.2, 0) is 23.8 Å². The molecular weight excluding hydrogens is 356 g/mol. The third-order valence-corrected chi connectivity index (χ3v) is 7.14. The number of ether oxygens (including phenoxy) is 3. The molecule has 4 rings (SSSR count). The van der Waals surface area contributed by atoms with Crippen LogP contribution in [-0.4, -0.2) is 68.5 Å². The largest absolute Gasteiger partial charge is 0.462 e. The first-order chi connectivity index (χ1) is 12.3. The van der Waals surface area contributed by atoms with E-state index in [1.54, 1.807) is 20.8 Å². The molecule has 152 valence electrons. The summed E-state index contributed by atoms with van der Waals surface area (Å²) in [5.74, 6) is -3.41. The van der Waals surface area contributed by atoms with E-state index in [0.717, 1.165) is 0 Å². The molecule has 2 aliphatic heterocycles. The normalized spacial score (nSPS) is 56.0. The van der Waals surface area contributed by atoms with Gasteiger partial charge in [-0.2, -0.15) is 0 Å². The fourth-order valence-corrected chi connectivity index (χ4v) is 5.60. The Hall–Kier alpha value is -1.22. The van der Waals surface area contributed by atoms with E-state index in [1.807, 2.05) is 0 Å². The first kappa shape index (κ1) is 19.1. The van der Waals surface area contributed by atoms with Crippen molar-refractivity contribution >= 4 is 11.9 Å². The number of epoxide rings is 1. The summed E-state index contributed by atoms with van der Waals surface area (Å²) in [5.41, 5.74) is -5.03. The minimum atomic E-state index is -1.83. The van der Waals surface area contributed by atoms with Crippen molar-refractivity contribution in [3.05, 3.63) is 0 Å². The summed E-state index contributed by atoms with van der Waals surface area (Å²) in [6.07, 6.45) is -3.19. The van der Waals surface area contributed by atoms with Gasteiger partial charge in [0, 0.05) is 12.3 Å². The van der Waals surface area contributed by atoms with E-state index in [1.165, 1.54) is 13.8 Å². The molecule has 27 heavy (non-hydrogen) atoms. The van der Waals surface area contributed by atoms with Gasteiger partial charge >= 0.3 is 11.9 Å². The van der Waals surface area contributed by atoms with Gasteiger partial charge in [-0.25, -0.2) is 0 Å². The molecule has 8 nitrogen and oxygen atoms in total. The molecule has 4 aliphatic rings. The molecule has 0 unspecified atom stereocenters. The summed E-state index contributed by atoms with van der Waals surface area (Å²) in [6.45, 7) is 8.08. The van der Waals surface area contributed by atoms with Gasteiger partial charge in [0.05, 0.1) is 23.4 Å². The van der Waals surface area contributed by atoms with Crippen molar-refractivity contribution in [3.63, 3.8) is 0 Å². The van der Waals surface area contributed by atoms with Gasteiger partial charge in [0.15, 0.2) is 0 Å². The predicted molar refractivity (Wildman–Crippen MR) is 90.2 cm³/mol. The van der Waals surface area contributed by atoms with Crippen LogP contribution in [0.25, 0.3) is 0 Å². The van der Waals surface area contributed by atoms with Crippen molar-refractivity contribution in [1.82, 2.24) is 0 Å². The Labute approximate surface area is 157 Å². The second-order valence-corrected chi connectivity index (χ2v) is 9.38. The molecule has 4 fully saturated rings. The van der Waals surface area contributed by atoms with E-state index < -0.39 is 70.9 Å². The summed E-state index contributed by atoms with van der Waals surface area (Å²) in [5, 5.41) is 34.0. The second kappa shape index (κ2) is 5.43. The van der Waals surface area contributed by atoms with Gasteiger partial charge in [0.2, 0.25) is 0 Å². The van der Waals surface area contributed by atoms with Crippen molar-refractivity contribution in [2.24, 2.45) is 23.7 Å². The molecule has 0 aromatic rings. The van der Waals surface area contributed by atoms with Gasteiger partial charge < -0.3 is 29.5 Å². The molecule has 10 atom stereocenters. The SMILES string of the molecule is CC(C)C(=O)O[C@H]1C[C@@](C)(O)[C@]2(O)[C@@H]3O[C@@H]3[C@@](C)(O)[C@@H]2[C@H]2OC(=O)[C@@H](C)[C@@H]21. The molecule has 0 spiro atoms. The standard InChI is InChI=1S/C19H28O8/c1-7(2)15(20)25-9-6-17(4,22)19(24)12(18(5,23)13-14(19)27-13)11-10(9)8(3)16(21)26-11/h7-14,22-24H,6H2,1-5H3/t8-,9-,10+,11-,12-,13-,14+,17+,18-,19+/m0/s1. The number of fused-ring (bicyclic) bond motifs is 5. The van der Waals surface area contributed by atoms with E-state index in [0.29, 0.717) is 0 Å². The highest BCUT2D eigenvalue weighted by Gasteiger charge is 2.83.